The van der Waals surface area contributed by atoms with Gasteiger partial charge in [-0.1, -0.05) is 29.8 Å². The van der Waals surface area contributed by atoms with Crippen molar-refractivity contribution in [3.8, 4) is 0 Å². The molecule has 4 fully saturated rings. The molecule has 0 heterocycles. The Morgan fingerprint density at radius 1 is 0.955 bits per heavy atom. The van der Waals surface area contributed by atoms with Crippen molar-refractivity contribution in [2.24, 2.45) is 34.5 Å². The number of hydrogen-bond donors (Lipinski definition) is 2. The van der Waals surface area contributed by atoms with Crippen molar-refractivity contribution in [3.63, 3.8) is 0 Å². The molecule has 0 aromatic rings. The van der Waals surface area contributed by atoms with Crippen LogP contribution in [0, 0.1) is 34.5 Å². The summed E-state index contributed by atoms with van der Waals surface area (Å²) >= 11 is 3.89. The molecule has 1 unspecified atom stereocenters. The molecule has 2 N–H and O–H groups in total. The van der Waals surface area contributed by atoms with Gasteiger partial charge < -0.3 is 10.2 Å². The van der Waals surface area contributed by atoms with Crippen LogP contribution in [0.2, 0.25) is 0 Å². The van der Waals surface area contributed by atoms with E-state index in [1.54, 1.807) is 0 Å². The minimum absolute atomic E-state index is 0.278. The topological polar surface area (TPSA) is 40.5 Å². The Balaban J connectivity index is 1.70. The molecule has 0 bridgehead atoms. The van der Waals surface area contributed by atoms with Crippen molar-refractivity contribution in [1.29, 1.82) is 0 Å². The second-order valence-corrected chi connectivity index (χ2v) is 10.7. The highest BCUT2D eigenvalue weighted by Crippen LogP contribution is 2.68. The fourth-order valence-electron chi connectivity index (χ4n) is 7.34. The van der Waals surface area contributed by atoms with E-state index >= 15 is 0 Å². The zero-order valence-electron chi connectivity index (χ0n) is 14.0. The van der Waals surface area contributed by atoms with Crippen LogP contribution in [0.25, 0.3) is 0 Å². The molecular weight excluding hydrogens is 340 g/mol. The Morgan fingerprint density at radius 2 is 1.73 bits per heavy atom. The van der Waals surface area contributed by atoms with E-state index in [1.165, 1.54) is 44.9 Å². The first-order valence-corrected chi connectivity index (χ1v) is 10.3. The fourth-order valence-corrected chi connectivity index (χ4v) is 8.48. The SMILES string of the molecule is C[C@]12CC[C@H]3[C@@H](CCC4CCCC(O)(O)[C@@]43C)[C@@H]1C[C@@H](Br)C2. The van der Waals surface area contributed by atoms with Crippen LogP contribution in [0.4, 0.5) is 0 Å². The normalized spacial score (nSPS) is 56.9. The van der Waals surface area contributed by atoms with Gasteiger partial charge in [-0.05, 0) is 80.5 Å². The van der Waals surface area contributed by atoms with Crippen LogP contribution in [0.15, 0.2) is 0 Å². The Morgan fingerprint density at radius 3 is 2.50 bits per heavy atom. The minimum atomic E-state index is -1.45. The minimum Gasteiger partial charge on any atom is -0.365 e. The third-order valence-electron chi connectivity index (χ3n) is 8.56. The van der Waals surface area contributed by atoms with E-state index in [0.717, 1.165) is 12.3 Å². The Hall–Kier alpha value is 0.400. The molecule has 0 aromatic heterocycles. The van der Waals surface area contributed by atoms with Gasteiger partial charge >= 0.3 is 0 Å². The van der Waals surface area contributed by atoms with Crippen molar-refractivity contribution in [2.45, 2.75) is 82.2 Å². The zero-order chi connectivity index (χ0) is 15.8. The molecule has 0 aromatic carbocycles. The zero-order valence-corrected chi connectivity index (χ0v) is 15.6. The van der Waals surface area contributed by atoms with Crippen molar-refractivity contribution >= 4 is 15.9 Å². The number of fused-ring (bicyclic) bond motifs is 5. The molecule has 4 aliphatic carbocycles. The number of rotatable bonds is 0. The molecular formula is C19H31BrO2. The van der Waals surface area contributed by atoms with E-state index in [-0.39, 0.29) is 5.41 Å². The highest BCUT2D eigenvalue weighted by molar-refractivity contribution is 9.09. The van der Waals surface area contributed by atoms with Crippen LogP contribution in [0.3, 0.4) is 0 Å². The molecule has 0 amide bonds. The predicted molar refractivity (Wildman–Crippen MR) is 91.6 cm³/mol. The maximum absolute atomic E-state index is 10.9. The monoisotopic (exact) mass is 370 g/mol. The molecule has 0 aliphatic heterocycles. The molecule has 3 heteroatoms. The summed E-state index contributed by atoms with van der Waals surface area (Å²) in [5.74, 6) is 1.07. The number of alkyl halides is 1. The summed E-state index contributed by atoms with van der Waals surface area (Å²) in [5.41, 5.74) is 0.209. The fraction of sp³-hybridized carbons (Fsp3) is 1.00. The lowest BCUT2D eigenvalue weighted by Crippen LogP contribution is -2.63. The first-order valence-electron chi connectivity index (χ1n) is 9.37. The first kappa shape index (κ1) is 15.9. The smallest absolute Gasteiger partial charge is 0.168 e. The summed E-state index contributed by atoms with van der Waals surface area (Å²) in [6.07, 6.45) is 10.4. The summed E-state index contributed by atoms with van der Waals surface area (Å²) in [6, 6.07) is 0. The van der Waals surface area contributed by atoms with Crippen molar-refractivity contribution in [2.75, 3.05) is 0 Å². The van der Waals surface area contributed by atoms with Crippen molar-refractivity contribution in [3.05, 3.63) is 0 Å². The van der Waals surface area contributed by atoms with Crippen LogP contribution in [0.5, 0.6) is 0 Å². The highest BCUT2D eigenvalue weighted by Gasteiger charge is 2.64. The van der Waals surface area contributed by atoms with Crippen LogP contribution in [-0.2, 0) is 0 Å². The highest BCUT2D eigenvalue weighted by atomic mass is 79.9. The van der Waals surface area contributed by atoms with Gasteiger partial charge in [0, 0.05) is 16.7 Å². The second kappa shape index (κ2) is 4.95. The molecule has 2 nitrogen and oxygen atoms in total. The van der Waals surface area contributed by atoms with Gasteiger partial charge in [0.2, 0.25) is 0 Å². The van der Waals surface area contributed by atoms with Gasteiger partial charge in [0.15, 0.2) is 5.79 Å². The van der Waals surface area contributed by atoms with Gasteiger partial charge in [-0.15, -0.1) is 0 Å². The summed E-state index contributed by atoms with van der Waals surface area (Å²) in [6.45, 7) is 4.71. The van der Waals surface area contributed by atoms with E-state index < -0.39 is 5.79 Å². The van der Waals surface area contributed by atoms with Gasteiger partial charge in [0.25, 0.3) is 0 Å². The lowest BCUT2D eigenvalue weighted by molar-refractivity contribution is -0.312. The molecule has 126 valence electrons. The van der Waals surface area contributed by atoms with E-state index in [4.69, 9.17) is 0 Å². The summed E-state index contributed by atoms with van der Waals surface area (Å²) in [7, 11) is 0. The van der Waals surface area contributed by atoms with E-state index in [0.29, 0.717) is 34.4 Å². The van der Waals surface area contributed by atoms with Gasteiger partial charge in [0.05, 0.1) is 0 Å². The molecule has 0 radical (unpaired) electrons. The van der Waals surface area contributed by atoms with E-state index in [2.05, 4.69) is 29.8 Å². The summed E-state index contributed by atoms with van der Waals surface area (Å²) in [5, 5.41) is 21.7. The van der Waals surface area contributed by atoms with Crippen molar-refractivity contribution < 1.29 is 10.2 Å². The largest absolute Gasteiger partial charge is 0.365 e. The summed E-state index contributed by atoms with van der Waals surface area (Å²) < 4.78 is 0. The molecule has 4 rings (SSSR count). The quantitative estimate of drug-likeness (QED) is 0.487. The molecule has 0 spiro atoms. The van der Waals surface area contributed by atoms with Gasteiger partial charge in [-0.25, -0.2) is 0 Å². The number of halogens is 1. The van der Waals surface area contributed by atoms with E-state index in [1.807, 2.05) is 0 Å². The van der Waals surface area contributed by atoms with Crippen LogP contribution in [0.1, 0.15) is 71.6 Å². The average molecular weight is 371 g/mol. The van der Waals surface area contributed by atoms with Crippen LogP contribution in [-0.4, -0.2) is 20.8 Å². The lowest BCUT2D eigenvalue weighted by Gasteiger charge is -2.63. The standard InChI is InChI=1S/C19H31BrO2/c1-17-9-7-15-14(16(17)10-13(20)11-17)6-5-12-4-3-8-19(21,22)18(12,15)2/h12-16,21-22H,3-11H2,1-2H3/t12?,13-,14-,15+,16+,17-,18+/m1/s1. The molecule has 22 heavy (non-hydrogen) atoms. The van der Waals surface area contributed by atoms with Crippen LogP contribution < -0.4 is 0 Å². The molecule has 4 saturated carbocycles. The second-order valence-electron chi connectivity index (χ2n) is 9.37. The average Bonchev–Trinajstić information content (AvgIpc) is 2.74. The maximum Gasteiger partial charge on any atom is 0.168 e. The lowest BCUT2D eigenvalue weighted by atomic mass is 9.44. The van der Waals surface area contributed by atoms with Crippen molar-refractivity contribution in [1.82, 2.24) is 0 Å². The third kappa shape index (κ3) is 1.97. The van der Waals surface area contributed by atoms with Gasteiger partial charge in [0.1, 0.15) is 0 Å². The van der Waals surface area contributed by atoms with Crippen LogP contribution >= 0.6 is 15.9 Å². The maximum atomic E-state index is 10.9. The summed E-state index contributed by atoms with van der Waals surface area (Å²) in [4.78, 5) is 0.672. The predicted octanol–water partition coefficient (Wildman–Crippen LogP) is 4.47. The Kier molecular flexibility index (Phi) is 3.58. The first-order chi connectivity index (χ1) is 10.3. The number of aliphatic hydroxyl groups is 2. The molecule has 0 saturated heterocycles. The molecule has 7 atom stereocenters. The third-order valence-corrected chi connectivity index (χ3v) is 9.26. The molecule has 4 aliphatic rings. The number of hydrogen-bond acceptors (Lipinski definition) is 2. The van der Waals surface area contributed by atoms with Gasteiger partial charge in [-0.3, -0.25) is 0 Å². The van der Waals surface area contributed by atoms with Gasteiger partial charge in [-0.2, -0.15) is 0 Å². The Labute approximate surface area is 143 Å². The van der Waals surface area contributed by atoms with E-state index in [9.17, 15) is 10.2 Å². The Bertz CT molecular complexity index is 464.